The van der Waals surface area contributed by atoms with Crippen molar-refractivity contribution >= 4 is 21.4 Å². The first-order chi connectivity index (χ1) is 11.5. The van der Waals surface area contributed by atoms with E-state index in [-0.39, 0.29) is 41.5 Å². The van der Waals surface area contributed by atoms with Crippen LogP contribution in [0.25, 0.3) is 0 Å². The molecule has 1 heterocycles. The maximum Gasteiger partial charge on any atom is 0.238 e. The fourth-order valence-corrected chi connectivity index (χ4v) is 3.84. The molecule has 1 atom stereocenters. The molecule has 3 rings (SSSR count). The third-order valence-corrected chi connectivity index (χ3v) is 5.88. The van der Waals surface area contributed by atoms with Crippen molar-refractivity contribution in [1.82, 2.24) is 0 Å². The van der Waals surface area contributed by atoms with Gasteiger partial charge in [-0.25, -0.2) is 17.9 Å². The minimum absolute atomic E-state index is 0.0436. The number of rotatable bonds is 3. The first-order valence-electron chi connectivity index (χ1n) is 7.89. The number of benzene rings is 1. The summed E-state index contributed by atoms with van der Waals surface area (Å²) in [6.45, 7) is 1.63. The van der Waals surface area contributed by atoms with Crippen molar-refractivity contribution in [2.45, 2.75) is 54.8 Å². The van der Waals surface area contributed by atoms with Crippen LogP contribution >= 0.6 is 0 Å². The van der Waals surface area contributed by atoms with Crippen molar-refractivity contribution in [2.75, 3.05) is 11.9 Å². The van der Waals surface area contributed by atoms with E-state index in [1.807, 2.05) is 0 Å². The summed E-state index contributed by atoms with van der Waals surface area (Å²) in [7, 11) is -4.04. The Morgan fingerprint density at radius 2 is 2.00 bits per heavy atom. The zero-order valence-electron chi connectivity index (χ0n) is 13.7. The van der Waals surface area contributed by atoms with Crippen LogP contribution in [0.4, 0.5) is 15.8 Å². The molecule has 4 N–H and O–H groups in total. The Bertz CT molecular complexity index is 802. The maximum absolute atomic E-state index is 15.3. The summed E-state index contributed by atoms with van der Waals surface area (Å²) < 4.78 is 43.8. The summed E-state index contributed by atoms with van der Waals surface area (Å²) >= 11 is 0. The molecule has 0 radical (unpaired) electrons. The second kappa shape index (κ2) is 5.89. The highest BCUT2D eigenvalue weighted by atomic mass is 32.2. The van der Waals surface area contributed by atoms with Crippen molar-refractivity contribution in [1.29, 1.82) is 0 Å². The Morgan fingerprint density at radius 3 is 2.56 bits per heavy atom. The van der Waals surface area contributed by atoms with E-state index in [1.165, 1.54) is 6.07 Å². The lowest BCUT2D eigenvalue weighted by atomic mass is 9.74. The molecule has 0 aromatic heterocycles. The van der Waals surface area contributed by atoms with Gasteiger partial charge in [-0.1, -0.05) is 0 Å². The van der Waals surface area contributed by atoms with Gasteiger partial charge in [0.2, 0.25) is 10.0 Å². The van der Waals surface area contributed by atoms with Crippen LogP contribution in [0.1, 0.15) is 32.6 Å². The molecule has 1 aromatic carbocycles. The molecule has 1 aliphatic heterocycles. The lowest BCUT2D eigenvalue weighted by molar-refractivity contribution is -0.0447. The van der Waals surface area contributed by atoms with Crippen LogP contribution in [-0.4, -0.2) is 37.4 Å². The minimum Gasteiger partial charge on any atom is -0.489 e. The highest BCUT2D eigenvalue weighted by Gasteiger charge is 2.47. The summed E-state index contributed by atoms with van der Waals surface area (Å²) in [5.41, 5.74) is -2.56. The summed E-state index contributed by atoms with van der Waals surface area (Å²) in [6.07, 6.45) is 0.931. The van der Waals surface area contributed by atoms with E-state index in [1.54, 1.807) is 6.92 Å². The number of nitrogens with zero attached hydrogens (tertiary/aromatic N) is 1. The van der Waals surface area contributed by atoms with E-state index in [2.05, 4.69) is 10.5 Å². The van der Waals surface area contributed by atoms with E-state index in [0.29, 0.717) is 12.8 Å². The van der Waals surface area contributed by atoms with Gasteiger partial charge >= 0.3 is 0 Å². The normalized spacial score (nSPS) is 32.2. The number of halogens is 1. The molecular formula is C15H20FN3O5S. The number of alkyl halides is 1. The standard InChI is InChI=1S/C15H20FN3O5S/c1-14(20)2-4-15(16,5-3-14)12-8-24-11-7-9(25(17,22)23)6-10(19-21)13(11)18-12/h6-7,12,18,20H,2-5,8H2,1H3,(H2,17,22,23). The van der Waals surface area contributed by atoms with E-state index < -0.39 is 27.3 Å². The number of aliphatic hydroxyl groups is 1. The van der Waals surface area contributed by atoms with Gasteiger partial charge in [-0.3, -0.25) is 0 Å². The Labute approximate surface area is 144 Å². The number of primary sulfonamides is 1. The summed E-state index contributed by atoms with van der Waals surface area (Å²) in [6, 6.07) is 1.47. The lowest BCUT2D eigenvalue weighted by Crippen LogP contribution is -2.52. The van der Waals surface area contributed by atoms with Crippen LogP contribution in [0.2, 0.25) is 0 Å². The second-order valence-electron chi connectivity index (χ2n) is 6.99. The summed E-state index contributed by atoms with van der Waals surface area (Å²) in [5, 5.41) is 20.8. The summed E-state index contributed by atoms with van der Waals surface area (Å²) in [5.74, 6) is 0.0868. The molecular weight excluding hydrogens is 353 g/mol. The van der Waals surface area contributed by atoms with Crippen molar-refractivity contribution in [3.05, 3.63) is 17.0 Å². The number of hydrogen-bond acceptors (Lipinski definition) is 7. The van der Waals surface area contributed by atoms with Crippen molar-refractivity contribution in [3.8, 4) is 5.75 Å². The first-order valence-corrected chi connectivity index (χ1v) is 9.44. The van der Waals surface area contributed by atoms with Crippen LogP contribution < -0.4 is 15.2 Å². The molecule has 138 valence electrons. The van der Waals surface area contributed by atoms with Gasteiger partial charge in [0.25, 0.3) is 0 Å². The number of hydrogen-bond donors (Lipinski definition) is 3. The number of nitrogens with one attached hydrogen (secondary N) is 1. The smallest absolute Gasteiger partial charge is 0.238 e. The van der Waals surface area contributed by atoms with Crippen LogP contribution in [0.3, 0.4) is 0 Å². The predicted molar refractivity (Wildman–Crippen MR) is 89.1 cm³/mol. The van der Waals surface area contributed by atoms with Gasteiger partial charge < -0.3 is 15.2 Å². The van der Waals surface area contributed by atoms with E-state index in [0.717, 1.165) is 6.07 Å². The zero-order valence-corrected chi connectivity index (χ0v) is 14.5. The van der Waals surface area contributed by atoms with Crippen LogP contribution in [-0.2, 0) is 10.0 Å². The van der Waals surface area contributed by atoms with Crippen LogP contribution in [0.15, 0.2) is 22.2 Å². The molecule has 1 saturated carbocycles. The molecule has 0 bridgehead atoms. The van der Waals surface area contributed by atoms with Gasteiger partial charge in [-0.15, -0.1) is 4.91 Å². The Morgan fingerprint density at radius 1 is 1.36 bits per heavy atom. The molecule has 1 fully saturated rings. The number of anilines is 1. The van der Waals surface area contributed by atoms with Crippen molar-refractivity contribution in [3.63, 3.8) is 0 Å². The largest absolute Gasteiger partial charge is 0.489 e. The van der Waals surface area contributed by atoms with Crippen molar-refractivity contribution < 1.29 is 22.7 Å². The van der Waals surface area contributed by atoms with E-state index in [4.69, 9.17) is 9.88 Å². The molecule has 25 heavy (non-hydrogen) atoms. The fraction of sp³-hybridized carbons (Fsp3) is 0.600. The third kappa shape index (κ3) is 3.46. The quantitative estimate of drug-likeness (QED) is 0.694. The molecule has 1 aliphatic carbocycles. The molecule has 1 aromatic rings. The maximum atomic E-state index is 15.3. The Kier molecular flexibility index (Phi) is 4.25. The monoisotopic (exact) mass is 373 g/mol. The van der Waals surface area contributed by atoms with Gasteiger partial charge in [0.05, 0.1) is 16.5 Å². The Balaban J connectivity index is 1.90. The van der Waals surface area contributed by atoms with Crippen molar-refractivity contribution in [2.24, 2.45) is 10.3 Å². The lowest BCUT2D eigenvalue weighted by Gasteiger charge is -2.43. The highest BCUT2D eigenvalue weighted by Crippen LogP contribution is 2.45. The highest BCUT2D eigenvalue weighted by molar-refractivity contribution is 7.89. The average molecular weight is 373 g/mol. The predicted octanol–water partition coefficient (Wildman–Crippen LogP) is 1.94. The second-order valence-corrected chi connectivity index (χ2v) is 8.55. The summed E-state index contributed by atoms with van der Waals surface area (Å²) in [4.78, 5) is 10.8. The molecule has 0 spiro atoms. The Hall–Kier alpha value is -1.78. The number of sulfonamides is 1. The van der Waals surface area contributed by atoms with E-state index in [9.17, 15) is 18.4 Å². The molecule has 0 saturated heterocycles. The van der Waals surface area contributed by atoms with Gasteiger partial charge in [-0.2, -0.15) is 0 Å². The molecule has 0 amide bonds. The molecule has 10 heteroatoms. The van der Waals surface area contributed by atoms with Gasteiger partial charge in [0, 0.05) is 6.07 Å². The minimum atomic E-state index is -4.04. The molecule has 8 nitrogen and oxygen atoms in total. The SMILES string of the molecule is CC1(O)CCC(F)(C2COc3cc(S(N)(=O)=O)cc(N=O)c3N2)CC1. The molecule has 2 aliphatic rings. The number of nitroso groups, excluding NO2 is 1. The third-order valence-electron chi connectivity index (χ3n) is 4.99. The number of fused-ring (bicyclic) bond motifs is 1. The number of nitrogens with two attached hydrogens (primary N) is 1. The van der Waals surface area contributed by atoms with Gasteiger partial charge in [-0.05, 0) is 43.9 Å². The number of ether oxygens (including phenoxy) is 1. The average Bonchev–Trinajstić information content (AvgIpc) is 2.55. The van der Waals surface area contributed by atoms with Gasteiger partial charge in [0.15, 0.2) is 0 Å². The topological polar surface area (TPSA) is 131 Å². The fourth-order valence-electron chi connectivity index (χ4n) is 3.29. The zero-order chi connectivity index (χ0) is 18.5. The van der Waals surface area contributed by atoms with E-state index >= 15 is 4.39 Å². The van der Waals surface area contributed by atoms with Gasteiger partial charge in [0.1, 0.15) is 29.4 Å². The van der Waals surface area contributed by atoms with Crippen LogP contribution in [0.5, 0.6) is 5.75 Å². The molecule has 1 unspecified atom stereocenters. The first kappa shape index (κ1) is 18.0. The van der Waals surface area contributed by atoms with Crippen LogP contribution in [0, 0.1) is 4.91 Å².